The molecule has 8 nitrogen and oxygen atoms in total. The number of nitrogens with zero attached hydrogens (tertiary/aromatic N) is 1. The van der Waals surface area contributed by atoms with E-state index >= 15 is 0 Å². The number of benzene rings is 3. The van der Waals surface area contributed by atoms with E-state index in [0.717, 1.165) is 5.56 Å². The van der Waals surface area contributed by atoms with Crippen LogP contribution in [0.15, 0.2) is 72.8 Å². The van der Waals surface area contributed by atoms with E-state index in [9.17, 15) is 19.7 Å². The Morgan fingerprint density at radius 3 is 2.23 bits per heavy atom. The van der Waals surface area contributed by atoms with E-state index in [4.69, 9.17) is 16.3 Å². The van der Waals surface area contributed by atoms with Crippen LogP contribution in [0.3, 0.4) is 0 Å². The monoisotopic (exact) mass is 425 g/mol. The molecule has 0 fully saturated rings. The molecule has 0 saturated heterocycles. The quantitative estimate of drug-likeness (QED) is 0.459. The largest absolute Gasteiger partial charge is 0.488 e. The minimum Gasteiger partial charge on any atom is -0.488 e. The van der Waals surface area contributed by atoms with Gasteiger partial charge in [0.1, 0.15) is 12.4 Å². The van der Waals surface area contributed by atoms with Crippen molar-refractivity contribution in [3.8, 4) is 5.75 Å². The summed E-state index contributed by atoms with van der Waals surface area (Å²) in [5.41, 5.74) is 5.58. The highest BCUT2D eigenvalue weighted by atomic mass is 35.5. The first kappa shape index (κ1) is 20.8. The summed E-state index contributed by atoms with van der Waals surface area (Å²) in [4.78, 5) is 34.8. The molecular formula is C21H16ClN3O5. The lowest BCUT2D eigenvalue weighted by molar-refractivity contribution is -0.384. The maximum absolute atomic E-state index is 12.5. The van der Waals surface area contributed by atoms with Gasteiger partial charge < -0.3 is 4.74 Å². The number of amides is 2. The van der Waals surface area contributed by atoms with E-state index < -0.39 is 16.7 Å². The molecule has 0 aliphatic carbocycles. The van der Waals surface area contributed by atoms with Gasteiger partial charge >= 0.3 is 0 Å². The first-order valence-electron chi connectivity index (χ1n) is 8.76. The third-order valence-electron chi connectivity index (χ3n) is 4.10. The van der Waals surface area contributed by atoms with Crippen molar-refractivity contribution < 1.29 is 19.2 Å². The number of halogens is 1. The molecule has 0 spiro atoms. The fourth-order valence-corrected chi connectivity index (χ4v) is 2.73. The van der Waals surface area contributed by atoms with Crippen LogP contribution in [0.2, 0.25) is 5.02 Å². The van der Waals surface area contributed by atoms with Crippen LogP contribution < -0.4 is 15.6 Å². The van der Waals surface area contributed by atoms with Gasteiger partial charge in [0.05, 0.1) is 10.5 Å². The molecule has 0 saturated carbocycles. The van der Waals surface area contributed by atoms with Crippen LogP contribution in [-0.4, -0.2) is 16.7 Å². The molecule has 0 heterocycles. The Labute approximate surface area is 176 Å². The second-order valence-corrected chi connectivity index (χ2v) is 6.50. The van der Waals surface area contributed by atoms with Crippen LogP contribution in [0.5, 0.6) is 5.75 Å². The number of carbonyl (C=O) groups is 2. The lowest BCUT2D eigenvalue weighted by atomic mass is 10.2. The van der Waals surface area contributed by atoms with Gasteiger partial charge in [0, 0.05) is 28.3 Å². The van der Waals surface area contributed by atoms with Crippen molar-refractivity contribution in [1.82, 2.24) is 10.9 Å². The summed E-state index contributed by atoms with van der Waals surface area (Å²) in [6.45, 7) is 0.166. The van der Waals surface area contributed by atoms with Gasteiger partial charge in [-0.3, -0.25) is 30.6 Å². The molecule has 3 rings (SSSR count). The molecule has 0 aromatic heterocycles. The van der Waals surface area contributed by atoms with Crippen LogP contribution in [0, 0.1) is 10.1 Å². The van der Waals surface area contributed by atoms with Gasteiger partial charge in [-0.1, -0.05) is 41.9 Å². The third-order valence-corrected chi connectivity index (χ3v) is 4.47. The minimum absolute atomic E-state index is 0.139. The van der Waals surface area contributed by atoms with E-state index in [1.807, 2.05) is 12.1 Å². The Kier molecular flexibility index (Phi) is 6.61. The summed E-state index contributed by atoms with van der Waals surface area (Å²) in [6.07, 6.45) is 0. The SMILES string of the molecule is O=C(NNC(=O)c1ccccc1OCc1ccccc1Cl)c1ccc([N+](=O)[O-])cc1. The lowest BCUT2D eigenvalue weighted by Gasteiger charge is -2.13. The number of ether oxygens (including phenoxy) is 1. The average Bonchev–Trinajstić information content (AvgIpc) is 2.77. The number of rotatable bonds is 6. The summed E-state index contributed by atoms with van der Waals surface area (Å²) in [6, 6.07) is 18.7. The van der Waals surface area contributed by atoms with E-state index in [0.29, 0.717) is 10.8 Å². The van der Waals surface area contributed by atoms with Gasteiger partial charge in [-0.05, 0) is 30.3 Å². The van der Waals surface area contributed by atoms with Crippen molar-refractivity contribution in [2.24, 2.45) is 0 Å². The first-order chi connectivity index (χ1) is 14.5. The highest BCUT2D eigenvalue weighted by Crippen LogP contribution is 2.22. The molecule has 30 heavy (non-hydrogen) atoms. The van der Waals surface area contributed by atoms with Crippen molar-refractivity contribution in [2.75, 3.05) is 0 Å². The molecule has 0 unspecified atom stereocenters. The van der Waals surface area contributed by atoms with Gasteiger partial charge in [-0.25, -0.2) is 0 Å². The van der Waals surface area contributed by atoms with Gasteiger partial charge in [-0.15, -0.1) is 0 Å². The van der Waals surface area contributed by atoms with Crippen molar-refractivity contribution in [3.63, 3.8) is 0 Å². The van der Waals surface area contributed by atoms with Crippen LogP contribution in [0.1, 0.15) is 26.3 Å². The van der Waals surface area contributed by atoms with Crippen molar-refractivity contribution in [2.45, 2.75) is 6.61 Å². The number of nitro benzene ring substituents is 1. The topological polar surface area (TPSA) is 111 Å². The molecule has 0 aliphatic rings. The van der Waals surface area contributed by atoms with E-state index in [1.165, 1.54) is 24.3 Å². The Bertz CT molecular complexity index is 1090. The van der Waals surface area contributed by atoms with Gasteiger partial charge in [0.15, 0.2) is 0 Å². The van der Waals surface area contributed by atoms with Crippen molar-refractivity contribution >= 4 is 29.1 Å². The number of non-ortho nitro benzene ring substituents is 1. The second kappa shape index (κ2) is 9.53. The van der Waals surface area contributed by atoms with Gasteiger partial charge in [0.2, 0.25) is 0 Å². The van der Waals surface area contributed by atoms with Gasteiger partial charge in [-0.2, -0.15) is 0 Å². The number of para-hydroxylation sites is 1. The molecule has 152 valence electrons. The number of nitrogens with one attached hydrogen (secondary N) is 2. The number of nitro groups is 1. The van der Waals surface area contributed by atoms with E-state index in [-0.39, 0.29) is 23.4 Å². The number of hydrogen-bond donors (Lipinski definition) is 2. The van der Waals surface area contributed by atoms with Crippen LogP contribution in [-0.2, 0) is 6.61 Å². The fourth-order valence-electron chi connectivity index (χ4n) is 2.54. The molecule has 0 radical (unpaired) electrons. The summed E-state index contributed by atoms with van der Waals surface area (Å²) in [7, 11) is 0. The summed E-state index contributed by atoms with van der Waals surface area (Å²) < 4.78 is 5.73. The Morgan fingerprint density at radius 1 is 0.900 bits per heavy atom. The summed E-state index contributed by atoms with van der Waals surface area (Å²) >= 11 is 6.12. The zero-order valence-corrected chi connectivity index (χ0v) is 16.3. The Balaban J connectivity index is 1.63. The maximum atomic E-state index is 12.5. The number of carbonyl (C=O) groups excluding carboxylic acids is 2. The molecule has 0 bridgehead atoms. The standard InChI is InChI=1S/C21H16ClN3O5/c22-18-7-3-1-5-15(18)13-30-19-8-4-2-6-17(19)21(27)24-23-20(26)14-9-11-16(12-10-14)25(28)29/h1-12H,13H2,(H,23,26)(H,24,27). The predicted molar refractivity (Wildman–Crippen MR) is 110 cm³/mol. The highest BCUT2D eigenvalue weighted by molar-refractivity contribution is 6.31. The summed E-state index contributed by atoms with van der Waals surface area (Å²) in [5, 5.41) is 11.2. The molecule has 3 aromatic rings. The number of hydrogen-bond acceptors (Lipinski definition) is 5. The highest BCUT2D eigenvalue weighted by Gasteiger charge is 2.15. The van der Waals surface area contributed by atoms with Crippen LogP contribution >= 0.6 is 11.6 Å². The smallest absolute Gasteiger partial charge is 0.273 e. The molecule has 2 N–H and O–H groups in total. The van der Waals surface area contributed by atoms with E-state index in [2.05, 4.69) is 10.9 Å². The molecule has 3 aromatic carbocycles. The molecular weight excluding hydrogens is 410 g/mol. The molecule has 9 heteroatoms. The summed E-state index contributed by atoms with van der Waals surface area (Å²) in [5.74, 6) is -0.882. The zero-order valence-electron chi connectivity index (χ0n) is 15.5. The van der Waals surface area contributed by atoms with Crippen molar-refractivity contribution in [1.29, 1.82) is 0 Å². The number of hydrazine groups is 1. The van der Waals surface area contributed by atoms with Crippen LogP contribution in [0.4, 0.5) is 5.69 Å². The Morgan fingerprint density at radius 2 is 1.53 bits per heavy atom. The maximum Gasteiger partial charge on any atom is 0.273 e. The molecule has 2 amide bonds. The minimum atomic E-state index is -0.618. The second-order valence-electron chi connectivity index (χ2n) is 6.09. The third kappa shape index (κ3) is 5.12. The first-order valence-corrected chi connectivity index (χ1v) is 9.14. The molecule has 0 atom stereocenters. The van der Waals surface area contributed by atoms with Gasteiger partial charge in [0.25, 0.3) is 17.5 Å². The lowest BCUT2D eigenvalue weighted by Crippen LogP contribution is -2.41. The predicted octanol–water partition coefficient (Wildman–Crippen LogP) is 3.90. The average molecular weight is 426 g/mol. The van der Waals surface area contributed by atoms with Crippen molar-refractivity contribution in [3.05, 3.63) is 105 Å². The zero-order chi connectivity index (χ0) is 21.5. The molecule has 0 aliphatic heterocycles. The van der Waals surface area contributed by atoms with Crippen LogP contribution in [0.25, 0.3) is 0 Å². The fraction of sp³-hybridized carbons (Fsp3) is 0.0476. The van der Waals surface area contributed by atoms with E-state index in [1.54, 1.807) is 36.4 Å². The normalized spacial score (nSPS) is 10.2. The Hall–Kier alpha value is -3.91.